The van der Waals surface area contributed by atoms with Gasteiger partial charge in [-0.2, -0.15) is 0 Å². The van der Waals surface area contributed by atoms with Crippen LogP contribution < -0.4 is 10.1 Å². The van der Waals surface area contributed by atoms with Crippen molar-refractivity contribution in [2.45, 2.75) is 32.7 Å². The van der Waals surface area contributed by atoms with Crippen LogP contribution in [-0.2, 0) is 13.0 Å². The van der Waals surface area contributed by atoms with Crippen molar-refractivity contribution in [3.8, 4) is 5.75 Å². The molecule has 4 nitrogen and oxygen atoms in total. The van der Waals surface area contributed by atoms with Gasteiger partial charge in [-0.05, 0) is 60.5 Å². The summed E-state index contributed by atoms with van der Waals surface area (Å²) in [7, 11) is 1.70. The first kappa shape index (κ1) is 20.6. The summed E-state index contributed by atoms with van der Waals surface area (Å²) in [6.07, 6.45) is 3.62. The molecular formula is C23H31N3OS. The molecule has 1 saturated heterocycles. The molecule has 3 rings (SSSR count). The lowest BCUT2D eigenvalue weighted by Gasteiger charge is -2.36. The second-order valence-electron chi connectivity index (χ2n) is 7.34. The highest BCUT2D eigenvalue weighted by molar-refractivity contribution is 7.80. The van der Waals surface area contributed by atoms with Crippen LogP contribution in [0.5, 0.6) is 5.75 Å². The minimum atomic E-state index is 0.824. The quantitative estimate of drug-likeness (QED) is 0.692. The van der Waals surface area contributed by atoms with Gasteiger partial charge in [0, 0.05) is 38.4 Å². The molecule has 0 saturated carbocycles. The number of nitrogens with zero attached hydrogens (tertiary/aromatic N) is 2. The first-order chi connectivity index (χ1) is 13.7. The molecule has 2 aromatic carbocycles. The average Bonchev–Trinajstić information content (AvgIpc) is 2.74. The van der Waals surface area contributed by atoms with Crippen LogP contribution in [0.15, 0.2) is 48.5 Å². The van der Waals surface area contributed by atoms with Crippen molar-refractivity contribution in [1.29, 1.82) is 0 Å². The van der Waals surface area contributed by atoms with Crippen molar-refractivity contribution in [3.05, 3.63) is 59.7 Å². The van der Waals surface area contributed by atoms with Gasteiger partial charge in [-0.3, -0.25) is 4.90 Å². The lowest BCUT2D eigenvalue weighted by molar-refractivity contribution is 0.177. The maximum Gasteiger partial charge on any atom is 0.173 e. The molecule has 1 N–H and O–H groups in total. The summed E-state index contributed by atoms with van der Waals surface area (Å²) in [6, 6.07) is 17.0. The highest BCUT2D eigenvalue weighted by Crippen LogP contribution is 2.16. The van der Waals surface area contributed by atoms with Crippen molar-refractivity contribution >= 4 is 23.0 Å². The van der Waals surface area contributed by atoms with Crippen LogP contribution in [0.3, 0.4) is 0 Å². The summed E-state index contributed by atoms with van der Waals surface area (Å²) in [5, 5.41) is 4.22. The molecule has 1 aliphatic heterocycles. The molecule has 0 atom stereocenters. The van der Waals surface area contributed by atoms with Gasteiger partial charge < -0.3 is 15.0 Å². The number of methoxy groups -OCH3 is 1. The predicted octanol–water partition coefficient (Wildman–Crippen LogP) is 4.55. The summed E-state index contributed by atoms with van der Waals surface area (Å²) in [5.74, 6) is 0.906. The fourth-order valence-electron chi connectivity index (χ4n) is 3.44. The van der Waals surface area contributed by atoms with Crippen LogP contribution >= 0.6 is 12.2 Å². The molecule has 0 spiro atoms. The first-order valence-electron chi connectivity index (χ1n) is 10.2. The smallest absolute Gasteiger partial charge is 0.173 e. The van der Waals surface area contributed by atoms with Gasteiger partial charge in [0.05, 0.1) is 7.11 Å². The van der Waals surface area contributed by atoms with E-state index >= 15 is 0 Å². The fraction of sp³-hybridized carbons (Fsp3) is 0.435. The lowest BCUT2D eigenvalue weighted by atomic mass is 10.1. The Morgan fingerprint density at radius 3 is 2.21 bits per heavy atom. The minimum Gasteiger partial charge on any atom is -0.497 e. The number of rotatable bonds is 7. The minimum absolute atomic E-state index is 0.824. The molecule has 1 heterocycles. The van der Waals surface area contributed by atoms with Gasteiger partial charge in [0.25, 0.3) is 0 Å². The fourth-order valence-corrected chi connectivity index (χ4v) is 3.74. The van der Waals surface area contributed by atoms with Gasteiger partial charge in [0.1, 0.15) is 5.75 Å². The SMILES string of the molecule is CCCCc1ccc(NC(=S)N2CCN(Cc3ccc(OC)cc3)CC2)cc1. The third kappa shape index (κ3) is 5.94. The molecule has 2 aromatic rings. The zero-order valence-electron chi connectivity index (χ0n) is 17.0. The van der Waals surface area contributed by atoms with Crippen LogP contribution in [0.4, 0.5) is 5.69 Å². The van der Waals surface area contributed by atoms with E-state index in [2.05, 4.69) is 58.4 Å². The maximum atomic E-state index is 5.64. The molecule has 28 heavy (non-hydrogen) atoms. The Bertz CT molecular complexity index is 737. The van der Waals surface area contributed by atoms with E-state index < -0.39 is 0 Å². The van der Waals surface area contributed by atoms with E-state index in [-0.39, 0.29) is 0 Å². The molecule has 150 valence electrons. The summed E-state index contributed by atoms with van der Waals surface area (Å²) >= 11 is 5.64. The van der Waals surface area contributed by atoms with E-state index in [1.807, 2.05) is 12.1 Å². The van der Waals surface area contributed by atoms with Gasteiger partial charge in [0.15, 0.2) is 5.11 Å². The lowest BCUT2D eigenvalue weighted by Crippen LogP contribution is -2.49. The number of unbranched alkanes of at least 4 members (excludes halogenated alkanes) is 1. The third-order valence-electron chi connectivity index (χ3n) is 5.25. The van der Waals surface area contributed by atoms with E-state index in [0.29, 0.717) is 0 Å². The van der Waals surface area contributed by atoms with Crippen molar-refractivity contribution in [1.82, 2.24) is 9.80 Å². The Morgan fingerprint density at radius 2 is 1.61 bits per heavy atom. The number of piperazine rings is 1. The molecule has 0 amide bonds. The molecular weight excluding hydrogens is 366 g/mol. The van der Waals surface area contributed by atoms with E-state index in [9.17, 15) is 0 Å². The van der Waals surface area contributed by atoms with Crippen LogP contribution in [0.2, 0.25) is 0 Å². The number of nitrogens with one attached hydrogen (secondary N) is 1. The summed E-state index contributed by atoms with van der Waals surface area (Å²) in [6.45, 7) is 7.14. The Hall–Kier alpha value is -2.11. The van der Waals surface area contributed by atoms with E-state index in [1.165, 1.54) is 24.0 Å². The number of hydrogen-bond acceptors (Lipinski definition) is 3. The summed E-state index contributed by atoms with van der Waals surface area (Å²) in [4.78, 5) is 4.74. The van der Waals surface area contributed by atoms with Crippen LogP contribution in [0.25, 0.3) is 0 Å². The molecule has 0 unspecified atom stereocenters. The second kappa shape index (κ2) is 10.4. The molecule has 1 aliphatic rings. The predicted molar refractivity (Wildman–Crippen MR) is 121 cm³/mol. The molecule has 0 aliphatic carbocycles. The zero-order chi connectivity index (χ0) is 19.8. The number of ether oxygens (including phenoxy) is 1. The molecule has 1 fully saturated rings. The Labute approximate surface area is 174 Å². The number of hydrogen-bond donors (Lipinski definition) is 1. The summed E-state index contributed by atoms with van der Waals surface area (Å²) in [5.41, 5.74) is 3.79. The van der Waals surface area contributed by atoms with Gasteiger partial charge in [-0.15, -0.1) is 0 Å². The van der Waals surface area contributed by atoms with Crippen LogP contribution in [0, 0.1) is 0 Å². The Balaban J connectivity index is 1.44. The van der Waals surface area contributed by atoms with Crippen LogP contribution in [0.1, 0.15) is 30.9 Å². The molecule has 0 aromatic heterocycles. The van der Waals surface area contributed by atoms with Crippen LogP contribution in [-0.4, -0.2) is 48.2 Å². The van der Waals surface area contributed by atoms with Gasteiger partial charge in [-0.25, -0.2) is 0 Å². The number of aryl methyl sites for hydroxylation is 1. The summed E-state index contributed by atoms with van der Waals surface area (Å²) < 4.78 is 5.23. The molecule has 0 radical (unpaired) electrons. The molecule has 0 bridgehead atoms. The number of benzene rings is 2. The van der Waals surface area contributed by atoms with E-state index in [1.54, 1.807) is 7.11 Å². The van der Waals surface area contributed by atoms with Gasteiger partial charge in [0.2, 0.25) is 0 Å². The number of anilines is 1. The standard InChI is InChI=1S/C23H31N3OS/c1-3-4-5-19-6-10-21(11-7-19)24-23(28)26-16-14-25(15-17-26)18-20-8-12-22(27-2)13-9-20/h6-13H,3-5,14-18H2,1-2H3,(H,24,28). The maximum absolute atomic E-state index is 5.64. The number of thiocarbonyl (C=S) groups is 1. The zero-order valence-corrected chi connectivity index (χ0v) is 17.8. The normalized spacial score (nSPS) is 14.7. The van der Waals surface area contributed by atoms with Crippen molar-refractivity contribution < 1.29 is 4.74 Å². The topological polar surface area (TPSA) is 27.7 Å². The average molecular weight is 398 g/mol. The van der Waals surface area contributed by atoms with Gasteiger partial charge in [-0.1, -0.05) is 37.6 Å². The van der Waals surface area contributed by atoms with Crippen molar-refractivity contribution in [2.75, 3.05) is 38.6 Å². The van der Waals surface area contributed by atoms with E-state index in [4.69, 9.17) is 17.0 Å². The Morgan fingerprint density at radius 1 is 0.964 bits per heavy atom. The van der Waals surface area contributed by atoms with E-state index in [0.717, 1.165) is 55.7 Å². The van der Waals surface area contributed by atoms with Gasteiger partial charge >= 0.3 is 0 Å². The third-order valence-corrected chi connectivity index (χ3v) is 5.61. The largest absolute Gasteiger partial charge is 0.497 e. The first-order valence-corrected chi connectivity index (χ1v) is 10.6. The highest BCUT2D eigenvalue weighted by atomic mass is 32.1. The highest BCUT2D eigenvalue weighted by Gasteiger charge is 2.19. The van der Waals surface area contributed by atoms with Crippen molar-refractivity contribution in [2.24, 2.45) is 0 Å². The molecule has 5 heteroatoms. The monoisotopic (exact) mass is 397 g/mol. The Kier molecular flexibility index (Phi) is 7.69. The second-order valence-corrected chi connectivity index (χ2v) is 7.73. The van der Waals surface area contributed by atoms with Crippen molar-refractivity contribution in [3.63, 3.8) is 0 Å².